The van der Waals surface area contributed by atoms with Crippen LogP contribution in [0.1, 0.15) is 97.4 Å². The van der Waals surface area contributed by atoms with Gasteiger partial charge in [-0.3, -0.25) is 19.2 Å². The van der Waals surface area contributed by atoms with Crippen molar-refractivity contribution in [2.75, 3.05) is 0 Å². The topological polar surface area (TPSA) is 207 Å². The Hall–Kier alpha value is -5.52. The largest absolute Gasteiger partial charge is 0.481 e. The summed E-state index contributed by atoms with van der Waals surface area (Å²) in [6.45, 7) is 7.57. The zero-order valence-electron chi connectivity index (χ0n) is 27.3. The number of nitrogens with one attached hydrogen (secondary N) is 2. The van der Waals surface area contributed by atoms with Crippen LogP contribution < -0.4 is 0 Å². The lowest BCUT2D eigenvalue weighted by atomic mass is 9.98. The van der Waals surface area contributed by atoms with E-state index in [0.29, 0.717) is 39.3 Å². The summed E-state index contributed by atoms with van der Waals surface area (Å²) in [5, 5.41) is 38.0. The fraction of sp³-hybridized carbons (Fsp3) is 0.333. The first kappa shape index (κ1) is 33.8. The fourth-order valence-corrected chi connectivity index (χ4v) is 6.42. The summed E-state index contributed by atoms with van der Waals surface area (Å²) in [6, 6.07) is 7.40. The summed E-state index contributed by atoms with van der Waals surface area (Å²) in [5.74, 6) is -3.77. The molecule has 12 nitrogen and oxygen atoms in total. The van der Waals surface area contributed by atoms with E-state index >= 15 is 0 Å². The molecule has 0 aromatic carbocycles. The van der Waals surface area contributed by atoms with Crippen LogP contribution in [0.2, 0.25) is 0 Å². The summed E-state index contributed by atoms with van der Waals surface area (Å²) >= 11 is 0. The molecule has 0 atom stereocenters. The molecule has 0 saturated heterocycles. The van der Waals surface area contributed by atoms with Crippen molar-refractivity contribution in [1.29, 1.82) is 0 Å². The Morgan fingerprint density at radius 3 is 1.31 bits per heavy atom. The molecule has 3 aromatic heterocycles. The smallest absolute Gasteiger partial charge is 0.303 e. The summed E-state index contributed by atoms with van der Waals surface area (Å²) in [4.78, 5) is 63.1. The number of nitrogens with zero attached hydrogens (tertiary/aromatic N) is 2. The highest BCUT2D eigenvalue weighted by Gasteiger charge is 2.23. The minimum Gasteiger partial charge on any atom is -0.481 e. The molecule has 48 heavy (non-hydrogen) atoms. The second-order valence-electron chi connectivity index (χ2n) is 12.2. The predicted octanol–water partition coefficient (Wildman–Crippen LogP) is 6.56. The van der Waals surface area contributed by atoms with E-state index in [1.165, 1.54) is 0 Å². The highest BCUT2D eigenvalue weighted by molar-refractivity contribution is 5.96. The third-order valence-corrected chi connectivity index (χ3v) is 9.16. The van der Waals surface area contributed by atoms with E-state index in [0.717, 1.165) is 50.1 Å². The second kappa shape index (κ2) is 13.7. The van der Waals surface area contributed by atoms with Crippen LogP contribution in [0.4, 0.5) is 0 Å². The average Bonchev–Trinajstić information content (AvgIpc) is 3.66. The molecular formula is C36H38N4O8. The van der Waals surface area contributed by atoms with Crippen LogP contribution >= 0.6 is 0 Å². The number of aromatic amines is 2. The lowest BCUT2D eigenvalue weighted by Crippen LogP contribution is -1.98. The maximum atomic E-state index is 11.6. The number of hydrogen-bond donors (Lipinski definition) is 6. The SMILES string of the molecule is CC1=C(CCC(=O)O)c2cc3nc(cc4[nH]c(cc5[nH]c(cc1n2)c(C)c5CCC(=O)O)c(C)c4CCC(=O)O)C(CCC(=O)O)=C3C. The Labute approximate surface area is 275 Å². The maximum Gasteiger partial charge on any atom is 0.303 e. The van der Waals surface area contributed by atoms with Gasteiger partial charge in [0.2, 0.25) is 0 Å². The first-order valence-electron chi connectivity index (χ1n) is 15.7. The van der Waals surface area contributed by atoms with Crippen molar-refractivity contribution in [1.82, 2.24) is 19.9 Å². The van der Waals surface area contributed by atoms with Crippen molar-refractivity contribution < 1.29 is 39.6 Å². The molecule has 0 unspecified atom stereocenters. The number of hydrogen-bond acceptors (Lipinski definition) is 6. The Morgan fingerprint density at radius 2 is 0.854 bits per heavy atom. The van der Waals surface area contributed by atoms with E-state index < -0.39 is 23.9 Å². The molecule has 5 heterocycles. The monoisotopic (exact) mass is 654 g/mol. The van der Waals surface area contributed by atoms with E-state index in [9.17, 15) is 39.6 Å². The van der Waals surface area contributed by atoms with Gasteiger partial charge in [0, 0.05) is 47.8 Å². The molecule has 2 aliphatic rings. The molecule has 0 aliphatic carbocycles. The fourth-order valence-electron chi connectivity index (χ4n) is 6.42. The van der Waals surface area contributed by atoms with Crippen molar-refractivity contribution >= 4 is 68.2 Å². The van der Waals surface area contributed by atoms with Gasteiger partial charge in [-0.1, -0.05) is 0 Å². The second-order valence-corrected chi connectivity index (χ2v) is 12.2. The van der Waals surface area contributed by atoms with Gasteiger partial charge in [0.15, 0.2) is 0 Å². The summed E-state index contributed by atoms with van der Waals surface area (Å²) < 4.78 is 0. The van der Waals surface area contributed by atoms with Gasteiger partial charge in [-0.25, -0.2) is 9.97 Å². The van der Waals surface area contributed by atoms with Gasteiger partial charge in [-0.15, -0.1) is 0 Å². The number of fused-ring (bicyclic) bond motifs is 8. The van der Waals surface area contributed by atoms with Crippen LogP contribution in [0.3, 0.4) is 0 Å². The molecule has 6 N–H and O–H groups in total. The molecule has 250 valence electrons. The summed E-state index contributed by atoms with van der Waals surface area (Å²) in [6.07, 6.45) is 0.550. The molecule has 0 saturated carbocycles. The molecule has 8 bridgehead atoms. The zero-order valence-corrected chi connectivity index (χ0v) is 27.3. The van der Waals surface area contributed by atoms with Crippen LogP contribution in [0, 0.1) is 13.8 Å². The maximum absolute atomic E-state index is 11.6. The van der Waals surface area contributed by atoms with E-state index in [-0.39, 0.29) is 51.4 Å². The van der Waals surface area contributed by atoms with Crippen LogP contribution in [0.25, 0.3) is 44.4 Å². The van der Waals surface area contributed by atoms with Crippen molar-refractivity contribution in [2.45, 2.75) is 79.1 Å². The zero-order chi connectivity index (χ0) is 34.9. The van der Waals surface area contributed by atoms with Gasteiger partial charge in [0.25, 0.3) is 0 Å². The van der Waals surface area contributed by atoms with E-state index in [1.54, 1.807) is 6.07 Å². The molecule has 12 heteroatoms. The third kappa shape index (κ3) is 7.07. The molecule has 5 rings (SSSR count). The van der Waals surface area contributed by atoms with Crippen molar-refractivity contribution in [3.8, 4) is 0 Å². The van der Waals surface area contributed by atoms with E-state index in [4.69, 9.17) is 9.97 Å². The molecule has 0 fully saturated rings. The summed E-state index contributed by atoms with van der Waals surface area (Å²) in [7, 11) is 0. The number of carboxylic acids is 4. The predicted molar refractivity (Wildman–Crippen MR) is 181 cm³/mol. The van der Waals surface area contributed by atoms with Crippen LogP contribution in [0.5, 0.6) is 0 Å². The standard InChI is InChI=1S/C36H38N4O8/c1-17-21(5-9-33(41)42)29-14-27-19(3)23(7-11-35(45)46)31(39-27)16-32-24(8-12-36(47)48)20(4)28(40-32)15-30-22(6-10-34(43)44)18(2)26(38-30)13-25(17)37-29/h13-16,37,39H,5-12H2,1-4H3,(H,41,42)(H,43,44)(H,45,46)(H,47,48). The summed E-state index contributed by atoms with van der Waals surface area (Å²) in [5.41, 5.74) is 11.4. The number of H-pyrrole nitrogens is 2. The van der Waals surface area contributed by atoms with Gasteiger partial charge < -0.3 is 30.4 Å². The van der Waals surface area contributed by atoms with Gasteiger partial charge >= 0.3 is 23.9 Å². The minimum absolute atomic E-state index is 0.0824. The molecule has 2 aliphatic heterocycles. The van der Waals surface area contributed by atoms with Gasteiger partial charge in [-0.2, -0.15) is 0 Å². The molecule has 0 spiro atoms. The number of aliphatic carboxylic acids is 4. The van der Waals surface area contributed by atoms with Crippen molar-refractivity contribution in [3.05, 3.63) is 69.3 Å². The van der Waals surface area contributed by atoms with Crippen LogP contribution in [-0.4, -0.2) is 64.2 Å². The van der Waals surface area contributed by atoms with Crippen molar-refractivity contribution in [2.24, 2.45) is 0 Å². The number of carboxylic acid groups (broad SMARTS) is 4. The Morgan fingerprint density at radius 1 is 0.500 bits per heavy atom. The molecule has 0 radical (unpaired) electrons. The first-order chi connectivity index (χ1) is 22.7. The molecular weight excluding hydrogens is 616 g/mol. The third-order valence-electron chi connectivity index (χ3n) is 9.16. The highest BCUT2D eigenvalue weighted by atomic mass is 16.4. The van der Waals surface area contributed by atoms with Gasteiger partial charge in [0.1, 0.15) is 0 Å². The van der Waals surface area contributed by atoms with Crippen molar-refractivity contribution in [3.63, 3.8) is 0 Å². The lowest BCUT2D eigenvalue weighted by molar-refractivity contribution is -0.138. The first-order valence-corrected chi connectivity index (χ1v) is 15.7. The number of aryl methyl sites for hydroxylation is 4. The van der Waals surface area contributed by atoms with Gasteiger partial charge in [0.05, 0.1) is 22.8 Å². The Balaban J connectivity index is 1.91. The Kier molecular flexibility index (Phi) is 9.64. The van der Waals surface area contributed by atoms with Crippen LogP contribution in [0.15, 0.2) is 24.3 Å². The minimum atomic E-state index is -0.955. The number of aromatic nitrogens is 4. The average molecular weight is 655 g/mol. The van der Waals surface area contributed by atoms with Crippen LogP contribution in [-0.2, 0) is 32.0 Å². The van der Waals surface area contributed by atoms with E-state index in [1.807, 2.05) is 45.9 Å². The highest BCUT2D eigenvalue weighted by Crippen LogP contribution is 2.38. The van der Waals surface area contributed by atoms with Gasteiger partial charge in [-0.05, 0) is 122 Å². The number of rotatable bonds is 12. The lowest BCUT2D eigenvalue weighted by Gasteiger charge is -2.04. The molecule has 3 aromatic rings. The van der Waals surface area contributed by atoms with E-state index in [2.05, 4.69) is 9.97 Å². The normalized spacial score (nSPS) is 12.9. The number of allylic oxidation sites excluding steroid dienone is 4. The molecule has 0 amide bonds. The Bertz CT molecular complexity index is 2100. The number of carbonyl (C=O) groups is 4. The quantitative estimate of drug-likeness (QED) is 0.124.